The Morgan fingerprint density at radius 2 is 1.86 bits per heavy atom. The number of benzene rings is 1. The Morgan fingerprint density at radius 1 is 1.09 bits per heavy atom. The summed E-state index contributed by atoms with van der Waals surface area (Å²) in [6.07, 6.45) is 7.08. The number of piperidine rings is 1. The third kappa shape index (κ3) is 3.88. The summed E-state index contributed by atoms with van der Waals surface area (Å²) in [6, 6.07) is 14.2. The molecule has 1 aromatic heterocycles. The van der Waals surface area contributed by atoms with E-state index in [-0.39, 0.29) is 5.91 Å². The molecule has 0 spiro atoms. The topological polar surface area (TPSA) is 33.5 Å². The highest BCUT2D eigenvalue weighted by Gasteiger charge is 2.18. The highest BCUT2D eigenvalue weighted by atomic mass is 16.3. The lowest BCUT2D eigenvalue weighted by Crippen LogP contribution is -2.36. The first-order chi connectivity index (χ1) is 10.8. The van der Waals surface area contributed by atoms with E-state index < -0.39 is 0 Å². The van der Waals surface area contributed by atoms with Crippen LogP contribution in [0.4, 0.5) is 0 Å². The van der Waals surface area contributed by atoms with Gasteiger partial charge in [-0.25, -0.2) is 0 Å². The lowest BCUT2D eigenvalue weighted by molar-refractivity contribution is -0.131. The number of hydrogen-bond acceptors (Lipinski definition) is 2. The summed E-state index contributed by atoms with van der Waals surface area (Å²) in [7, 11) is 0. The number of rotatable bonds is 4. The molecule has 1 fully saturated rings. The van der Waals surface area contributed by atoms with E-state index in [9.17, 15) is 4.79 Å². The smallest absolute Gasteiger partial charge is 0.223 e. The van der Waals surface area contributed by atoms with Crippen molar-refractivity contribution in [1.82, 2.24) is 4.90 Å². The van der Waals surface area contributed by atoms with Gasteiger partial charge in [-0.1, -0.05) is 42.0 Å². The molecule has 1 saturated heterocycles. The molecule has 1 aromatic carbocycles. The van der Waals surface area contributed by atoms with Gasteiger partial charge in [0.25, 0.3) is 0 Å². The van der Waals surface area contributed by atoms with Gasteiger partial charge < -0.3 is 9.32 Å². The molecule has 0 bridgehead atoms. The number of carbonyl (C=O) groups is 1. The average molecular weight is 295 g/mol. The Hall–Kier alpha value is -2.29. The zero-order chi connectivity index (χ0) is 15.2. The van der Waals surface area contributed by atoms with Crippen molar-refractivity contribution in [1.29, 1.82) is 0 Å². The lowest BCUT2D eigenvalue weighted by Gasteiger charge is -2.28. The van der Waals surface area contributed by atoms with E-state index in [4.69, 9.17) is 4.42 Å². The number of aryl methyl sites for hydroxylation is 1. The molecular weight excluding hydrogens is 274 g/mol. The zero-order valence-electron chi connectivity index (χ0n) is 12.7. The number of hydrogen-bond donors (Lipinski definition) is 0. The van der Waals surface area contributed by atoms with Gasteiger partial charge in [0.05, 0.1) is 6.26 Å². The van der Waals surface area contributed by atoms with Crippen LogP contribution in [0.2, 0.25) is 0 Å². The first kappa shape index (κ1) is 14.6. The van der Waals surface area contributed by atoms with E-state index in [0.29, 0.717) is 12.8 Å². The van der Waals surface area contributed by atoms with Gasteiger partial charge in [-0.05, 0) is 30.5 Å². The van der Waals surface area contributed by atoms with E-state index in [2.05, 4.69) is 30.3 Å². The fourth-order valence-corrected chi connectivity index (χ4v) is 2.82. The molecule has 3 heteroatoms. The number of carbonyl (C=O) groups excluding carboxylic acids is 1. The fourth-order valence-electron chi connectivity index (χ4n) is 2.82. The molecule has 2 heterocycles. The first-order valence-corrected chi connectivity index (χ1v) is 7.86. The van der Waals surface area contributed by atoms with Gasteiger partial charge >= 0.3 is 0 Å². The van der Waals surface area contributed by atoms with Crippen LogP contribution < -0.4 is 0 Å². The Morgan fingerprint density at radius 3 is 2.55 bits per heavy atom. The van der Waals surface area contributed by atoms with Crippen molar-refractivity contribution < 1.29 is 9.21 Å². The minimum absolute atomic E-state index is 0.232. The highest BCUT2D eigenvalue weighted by Crippen LogP contribution is 2.20. The maximum Gasteiger partial charge on any atom is 0.223 e. The lowest BCUT2D eigenvalue weighted by atomic mass is 10.0. The van der Waals surface area contributed by atoms with Crippen molar-refractivity contribution in [2.45, 2.75) is 25.7 Å². The highest BCUT2D eigenvalue weighted by molar-refractivity contribution is 5.76. The van der Waals surface area contributed by atoms with E-state index in [1.54, 1.807) is 6.26 Å². The number of amides is 1. The SMILES string of the molecule is O=C(CCc1ccco1)N1CCC(=Cc2ccccc2)CC1. The Labute approximate surface area is 131 Å². The van der Waals surface area contributed by atoms with E-state index in [0.717, 1.165) is 31.7 Å². The summed E-state index contributed by atoms with van der Waals surface area (Å²) in [5, 5.41) is 0. The molecule has 0 unspecified atom stereocenters. The maximum atomic E-state index is 12.2. The molecule has 3 nitrogen and oxygen atoms in total. The van der Waals surface area contributed by atoms with Crippen molar-refractivity contribution >= 4 is 12.0 Å². The normalized spacial score (nSPS) is 14.9. The summed E-state index contributed by atoms with van der Waals surface area (Å²) in [5.74, 6) is 1.12. The van der Waals surface area contributed by atoms with E-state index >= 15 is 0 Å². The fraction of sp³-hybridized carbons (Fsp3) is 0.316. The van der Waals surface area contributed by atoms with Crippen molar-refractivity contribution in [2.75, 3.05) is 13.1 Å². The minimum Gasteiger partial charge on any atom is -0.469 e. The van der Waals surface area contributed by atoms with Crippen LogP contribution in [0, 0.1) is 0 Å². The summed E-state index contributed by atoms with van der Waals surface area (Å²) < 4.78 is 5.27. The third-order valence-corrected chi connectivity index (χ3v) is 4.09. The summed E-state index contributed by atoms with van der Waals surface area (Å²) in [4.78, 5) is 14.2. The second-order valence-corrected chi connectivity index (χ2v) is 5.67. The maximum absolute atomic E-state index is 12.2. The third-order valence-electron chi connectivity index (χ3n) is 4.09. The molecular formula is C19H21NO2. The molecule has 22 heavy (non-hydrogen) atoms. The molecule has 1 aliphatic rings. The van der Waals surface area contributed by atoms with Crippen LogP contribution in [0.3, 0.4) is 0 Å². The van der Waals surface area contributed by atoms with Crippen molar-refractivity contribution in [3.05, 3.63) is 65.6 Å². The predicted octanol–water partition coefficient (Wildman–Crippen LogP) is 3.92. The van der Waals surface area contributed by atoms with E-state index in [1.807, 2.05) is 23.1 Å². The van der Waals surface area contributed by atoms with Crippen LogP contribution in [-0.4, -0.2) is 23.9 Å². The van der Waals surface area contributed by atoms with Crippen LogP contribution >= 0.6 is 0 Å². The molecule has 0 saturated carbocycles. The Kier molecular flexibility index (Phi) is 4.74. The van der Waals surface area contributed by atoms with Crippen LogP contribution in [0.25, 0.3) is 6.08 Å². The monoisotopic (exact) mass is 295 g/mol. The predicted molar refractivity (Wildman–Crippen MR) is 87.3 cm³/mol. The molecule has 2 aromatic rings. The molecule has 0 atom stereocenters. The molecule has 114 valence electrons. The Balaban J connectivity index is 1.49. The summed E-state index contributed by atoms with van der Waals surface area (Å²) in [5.41, 5.74) is 2.68. The summed E-state index contributed by atoms with van der Waals surface area (Å²) in [6.45, 7) is 1.66. The van der Waals surface area contributed by atoms with Crippen LogP contribution in [-0.2, 0) is 11.2 Å². The first-order valence-electron chi connectivity index (χ1n) is 7.86. The van der Waals surface area contributed by atoms with Crippen LogP contribution in [0.5, 0.6) is 0 Å². The summed E-state index contributed by atoms with van der Waals surface area (Å²) >= 11 is 0. The molecule has 3 rings (SSSR count). The van der Waals surface area contributed by atoms with Gasteiger partial charge in [0.1, 0.15) is 5.76 Å². The molecule has 0 radical (unpaired) electrons. The second kappa shape index (κ2) is 7.12. The van der Waals surface area contributed by atoms with Gasteiger partial charge in [-0.2, -0.15) is 0 Å². The average Bonchev–Trinajstić information content (AvgIpc) is 3.08. The van der Waals surface area contributed by atoms with E-state index in [1.165, 1.54) is 11.1 Å². The van der Waals surface area contributed by atoms with Gasteiger partial charge in [-0.15, -0.1) is 0 Å². The van der Waals surface area contributed by atoms with Crippen molar-refractivity contribution in [2.24, 2.45) is 0 Å². The van der Waals surface area contributed by atoms with Crippen molar-refractivity contribution in [3.63, 3.8) is 0 Å². The number of furan rings is 1. The molecule has 1 aliphatic heterocycles. The van der Waals surface area contributed by atoms with Crippen molar-refractivity contribution in [3.8, 4) is 0 Å². The molecule has 1 amide bonds. The quantitative estimate of drug-likeness (QED) is 0.856. The minimum atomic E-state index is 0.232. The van der Waals surface area contributed by atoms with Gasteiger partial charge in [0.15, 0.2) is 0 Å². The zero-order valence-corrected chi connectivity index (χ0v) is 12.7. The van der Waals surface area contributed by atoms with Crippen LogP contribution in [0.15, 0.2) is 58.7 Å². The molecule has 0 N–H and O–H groups in total. The van der Waals surface area contributed by atoms with Gasteiger partial charge in [0, 0.05) is 25.9 Å². The van der Waals surface area contributed by atoms with Gasteiger partial charge in [0.2, 0.25) is 5.91 Å². The molecule has 0 aliphatic carbocycles. The van der Waals surface area contributed by atoms with Crippen LogP contribution in [0.1, 0.15) is 30.6 Å². The number of likely N-dealkylation sites (tertiary alicyclic amines) is 1. The Bertz CT molecular complexity index is 619. The largest absolute Gasteiger partial charge is 0.469 e. The standard InChI is InChI=1S/C19H21NO2/c21-19(9-8-18-7-4-14-22-18)20-12-10-17(11-13-20)15-16-5-2-1-3-6-16/h1-7,14-15H,8-13H2. The van der Waals surface area contributed by atoms with Gasteiger partial charge in [-0.3, -0.25) is 4.79 Å². The second-order valence-electron chi connectivity index (χ2n) is 5.67. The number of nitrogens with zero attached hydrogens (tertiary/aromatic N) is 1.